The molecule has 1 aromatic carbocycles. The van der Waals surface area contributed by atoms with Crippen LogP contribution >= 0.6 is 0 Å². The van der Waals surface area contributed by atoms with Gasteiger partial charge in [-0.3, -0.25) is 9.69 Å². The summed E-state index contributed by atoms with van der Waals surface area (Å²) in [6, 6.07) is 5.04. The Morgan fingerprint density at radius 3 is 3.09 bits per heavy atom. The van der Waals surface area contributed by atoms with Crippen molar-refractivity contribution in [1.29, 1.82) is 0 Å². The number of anilines is 1. The van der Waals surface area contributed by atoms with Gasteiger partial charge in [0.05, 0.1) is 25.8 Å². The first-order valence-corrected chi connectivity index (χ1v) is 7.34. The fourth-order valence-corrected chi connectivity index (χ4v) is 2.77. The van der Waals surface area contributed by atoms with Crippen LogP contribution in [0.5, 0.6) is 5.75 Å². The first-order valence-electron chi connectivity index (χ1n) is 7.34. The van der Waals surface area contributed by atoms with Crippen molar-refractivity contribution in [3.05, 3.63) is 18.2 Å². The number of nitrogens with zero attached hydrogens (tertiary/aromatic N) is 3. The number of hydrogen-bond donors (Lipinski definition) is 1. The average Bonchev–Trinajstić information content (AvgIpc) is 2.90. The standard InChI is InChI=1S/C15H20N4O3/c1-3-18-6-7-22-9-13(18)15(20)19-14(16)11-5-4-10(21-2)8-12(11)17-19/h4-5,8,13H,3,6-7,9,16H2,1-2H3. The normalized spacial score (nSPS) is 19.5. The number of aromatic nitrogens is 2. The highest BCUT2D eigenvalue weighted by Gasteiger charge is 2.31. The Balaban J connectivity index is 1.98. The number of rotatable bonds is 3. The molecule has 7 heteroatoms. The number of nitrogen functional groups attached to an aromatic ring is 1. The molecule has 1 fully saturated rings. The zero-order chi connectivity index (χ0) is 15.7. The van der Waals surface area contributed by atoms with Crippen LogP contribution in [0.2, 0.25) is 0 Å². The molecule has 0 radical (unpaired) electrons. The van der Waals surface area contributed by atoms with Gasteiger partial charge in [-0.1, -0.05) is 6.92 Å². The Morgan fingerprint density at radius 2 is 2.36 bits per heavy atom. The lowest BCUT2D eigenvalue weighted by molar-refractivity contribution is -0.00340. The Morgan fingerprint density at radius 1 is 1.55 bits per heavy atom. The first kappa shape index (κ1) is 14.8. The second-order valence-corrected chi connectivity index (χ2v) is 5.24. The van der Waals surface area contributed by atoms with Crippen molar-refractivity contribution in [1.82, 2.24) is 14.7 Å². The van der Waals surface area contributed by atoms with E-state index in [0.717, 1.165) is 18.5 Å². The van der Waals surface area contributed by atoms with Crippen molar-refractivity contribution in [2.45, 2.75) is 13.0 Å². The van der Waals surface area contributed by atoms with Crippen molar-refractivity contribution < 1.29 is 14.3 Å². The molecule has 2 N–H and O–H groups in total. The molecule has 2 heterocycles. The highest BCUT2D eigenvalue weighted by Crippen LogP contribution is 2.25. The van der Waals surface area contributed by atoms with Crippen LogP contribution in [-0.4, -0.2) is 60.0 Å². The molecule has 1 saturated heterocycles. The van der Waals surface area contributed by atoms with Crippen molar-refractivity contribution in [2.24, 2.45) is 0 Å². The number of nitrogens with two attached hydrogens (primary N) is 1. The smallest absolute Gasteiger partial charge is 0.268 e. The Hall–Kier alpha value is -2.12. The quantitative estimate of drug-likeness (QED) is 0.910. The zero-order valence-corrected chi connectivity index (χ0v) is 12.8. The number of benzene rings is 1. The van der Waals surface area contributed by atoms with Gasteiger partial charge in [-0.15, -0.1) is 0 Å². The molecule has 0 aliphatic carbocycles. The average molecular weight is 304 g/mol. The molecule has 0 saturated carbocycles. The van der Waals surface area contributed by atoms with Crippen LogP contribution in [0, 0.1) is 0 Å². The molecule has 1 unspecified atom stereocenters. The van der Waals surface area contributed by atoms with E-state index in [1.54, 1.807) is 19.2 Å². The first-order chi connectivity index (χ1) is 10.7. The molecular weight excluding hydrogens is 284 g/mol. The Labute approximate surface area is 128 Å². The number of likely N-dealkylation sites (N-methyl/N-ethyl adjacent to an activating group) is 1. The van der Waals surface area contributed by atoms with E-state index in [0.29, 0.717) is 30.3 Å². The fourth-order valence-electron chi connectivity index (χ4n) is 2.77. The Kier molecular flexibility index (Phi) is 4.00. The van der Waals surface area contributed by atoms with Crippen molar-refractivity contribution in [3.63, 3.8) is 0 Å². The summed E-state index contributed by atoms with van der Waals surface area (Å²) >= 11 is 0. The van der Waals surface area contributed by atoms with Crippen LogP contribution in [-0.2, 0) is 4.74 Å². The lowest BCUT2D eigenvalue weighted by Gasteiger charge is -2.33. The van der Waals surface area contributed by atoms with Crippen LogP contribution in [0.15, 0.2) is 18.2 Å². The molecule has 22 heavy (non-hydrogen) atoms. The molecule has 1 atom stereocenters. The summed E-state index contributed by atoms with van der Waals surface area (Å²) in [4.78, 5) is 14.9. The van der Waals surface area contributed by atoms with Gasteiger partial charge in [0.1, 0.15) is 17.6 Å². The number of carbonyl (C=O) groups is 1. The summed E-state index contributed by atoms with van der Waals surface area (Å²) in [6.45, 7) is 4.56. The van der Waals surface area contributed by atoms with Gasteiger partial charge in [0.25, 0.3) is 5.91 Å². The third-order valence-corrected chi connectivity index (χ3v) is 4.06. The molecule has 7 nitrogen and oxygen atoms in total. The van der Waals surface area contributed by atoms with Gasteiger partial charge in [-0.25, -0.2) is 0 Å². The van der Waals surface area contributed by atoms with E-state index in [1.165, 1.54) is 4.68 Å². The third kappa shape index (κ3) is 2.42. The van der Waals surface area contributed by atoms with E-state index in [1.807, 2.05) is 13.0 Å². The highest BCUT2D eigenvalue weighted by atomic mass is 16.5. The largest absolute Gasteiger partial charge is 0.497 e. The van der Waals surface area contributed by atoms with Crippen molar-refractivity contribution in [3.8, 4) is 5.75 Å². The van der Waals surface area contributed by atoms with E-state index < -0.39 is 0 Å². The minimum Gasteiger partial charge on any atom is -0.497 e. The van der Waals surface area contributed by atoms with Crippen LogP contribution in [0.3, 0.4) is 0 Å². The lowest BCUT2D eigenvalue weighted by atomic mass is 10.2. The number of methoxy groups -OCH3 is 1. The second kappa shape index (κ2) is 5.94. The third-order valence-electron chi connectivity index (χ3n) is 4.06. The number of hydrogen-bond acceptors (Lipinski definition) is 6. The summed E-state index contributed by atoms with van der Waals surface area (Å²) in [5.41, 5.74) is 6.75. The lowest BCUT2D eigenvalue weighted by Crippen LogP contribution is -2.51. The monoisotopic (exact) mass is 304 g/mol. The molecule has 1 aliphatic heterocycles. The minimum atomic E-state index is -0.350. The zero-order valence-electron chi connectivity index (χ0n) is 12.8. The van der Waals surface area contributed by atoms with Gasteiger partial charge in [0.2, 0.25) is 0 Å². The maximum absolute atomic E-state index is 12.8. The molecule has 0 bridgehead atoms. The van der Waals surface area contributed by atoms with Gasteiger partial charge >= 0.3 is 0 Å². The second-order valence-electron chi connectivity index (χ2n) is 5.24. The van der Waals surface area contributed by atoms with E-state index in [2.05, 4.69) is 10.00 Å². The molecule has 2 aromatic rings. The molecule has 0 spiro atoms. The SMILES string of the molecule is CCN1CCOCC1C(=O)n1nc2cc(OC)ccc2c1N. The number of morpholine rings is 1. The molecule has 0 amide bonds. The maximum atomic E-state index is 12.8. The van der Waals surface area contributed by atoms with Crippen LogP contribution < -0.4 is 10.5 Å². The van der Waals surface area contributed by atoms with E-state index in [9.17, 15) is 4.79 Å². The van der Waals surface area contributed by atoms with Crippen LogP contribution in [0.1, 0.15) is 11.7 Å². The van der Waals surface area contributed by atoms with Gasteiger partial charge < -0.3 is 15.2 Å². The number of fused-ring (bicyclic) bond motifs is 1. The van der Waals surface area contributed by atoms with Gasteiger partial charge in [0.15, 0.2) is 0 Å². The fraction of sp³-hybridized carbons (Fsp3) is 0.467. The van der Waals surface area contributed by atoms with E-state index >= 15 is 0 Å². The van der Waals surface area contributed by atoms with Gasteiger partial charge in [-0.2, -0.15) is 9.78 Å². The van der Waals surface area contributed by atoms with E-state index in [4.69, 9.17) is 15.2 Å². The molecular formula is C15H20N4O3. The molecule has 118 valence electrons. The maximum Gasteiger partial charge on any atom is 0.268 e. The number of carbonyl (C=O) groups excluding carboxylic acids is 1. The van der Waals surface area contributed by atoms with Crippen LogP contribution in [0.4, 0.5) is 5.82 Å². The van der Waals surface area contributed by atoms with Crippen LogP contribution in [0.25, 0.3) is 10.9 Å². The highest BCUT2D eigenvalue weighted by molar-refractivity contribution is 5.97. The summed E-state index contributed by atoms with van der Waals surface area (Å²) in [5, 5.41) is 5.09. The minimum absolute atomic E-state index is 0.158. The molecule has 3 rings (SSSR count). The molecule has 1 aromatic heterocycles. The topological polar surface area (TPSA) is 82.6 Å². The Bertz CT molecular complexity index is 697. The summed E-state index contributed by atoms with van der Waals surface area (Å²) in [5.74, 6) is 0.874. The summed E-state index contributed by atoms with van der Waals surface area (Å²) in [7, 11) is 1.59. The van der Waals surface area contributed by atoms with Gasteiger partial charge in [0, 0.05) is 18.0 Å². The van der Waals surface area contributed by atoms with Gasteiger partial charge in [-0.05, 0) is 18.7 Å². The summed E-state index contributed by atoms with van der Waals surface area (Å²) < 4.78 is 11.9. The number of ether oxygens (including phenoxy) is 2. The van der Waals surface area contributed by atoms with Crippen molar-refractivity contribution in [2.75, 3.05) is 39.1 Å². The predicted molar refractivity (Wildman–Crippen MR) is 83.2 cm³/mol. The van der Waals surface area contributed by atoms with E-state index in [-0.39, 0.29) is 11.9 Å². The predicted octanol–water partition coefficient (Wildman–Crippen LogP) is 0.988. The van der Waals surface area contributed by atoms with Crippen molar-refractivity contribution >= 4 is 22.6 Å². The molecule has 1 aliphatic rings. The summed E-state index contributed by atoms with van der Waals surface area (Å²) in [6.07, 6.45) is 0.